The van der Waals surface area contributed by atoms with Gasteiger partial charge < -0.3 is 9.15 Å². The Morgan fingerprint density at radius 3 is 1.58 bits per heavy atom. The van der Waals surface area contributed by atoms with Crippen molar-refractivity contribution in [3.8, 4) is 56.0 Å². The van der Waals surface area contributed by atoms with Crippen molar-refractivity contribution >= 4 is 32.7 Å². The summed E-state index contributed by atoms with van der Waals surface area (Å²) in [6, 6.07) is 70.1. The van der Waals surface area contributed by atoms with Gasteiger partial charge in [-0.25, -0.2) is 0 Å². The van der Waals surface area contributed by atoms with Gasteiger partial charge in [-0.15, -0.1) is 0 Å². The lowest BCUT2D eigenvalue weighted by atomic mass is 9.66. The van der Waals surface area contributed by atoms with E-state index in [1.54, 1.807) is 0 Å². The van der Waals surface area contributed by atoms with E-state index in [-0.39, 0.29) is 0 Å². The fourth-order valence-electron chi connectivity index (χ4n) is 9.69. The highest BCUT2D eigenvalue weighted by Gasteiger charge is 2.50. The number of hydrogen-bond donors (Lipinski definition) is 0. The maximum absolute atomic E-state index is 6.90. The summed E-state index contributed by atoms with van der Waals surface area (Å²) in [6.07, 6.45) is 0. The van der Waals surface area contributed by atoms with Crippen molar-refractivity contribution in [2.75, 3.05) is 0 Å². The molecule has 9 aromatic carbocycles. The van der Waals surface area contributed by atoms with E-state index < -0.39 is 5.41 Å². The lowest BCUT2D eigenvalue weighted by Crippen LogP contribution is -2.32. The average molecular weight is 701 g/mol. The second-order valence-corrected chi connectivity index (χ2v) is 14.7. The zero-order valence-electron chi connectivity index (χ0n) is 29.8. The highest BCUT2D eigenvalue weighted by Crippen LogP contribution is 2.62. The molecule has 12 rings (SSSR count). The van der Waals surface area contributed by atoms with Crippen molar-refractivity contribution in [3.05, 3.63) is 216 Å². The molecule has 1 aliphatic heterocycles. The summed E-state index contributed by atoms with van der Waals surface area (Å²) >= 11 is 0. The van der Waals surface area contributed by atoms with Crippen molar-refractivity contribution in [2.45, 2.75) is 5.41 Å². The van der Waals surface area contributed by atoms with Gasteiger partial charge >= 0.3 is 0 Å². The third-order valence-electron chi connectivity index (χ3n) is 12.0. The van der Waals surface area contributed by atoms with Gasteiger partial charge in [-0.3, -0.25) is 0 Å². The first-order valence-corrected chi connectivity index (χ1v) is 18.9. The van der Waals surface area contributed by atoms with Crippen molar-refractivity contribution in [1.82, 2.24) is 0 Å². The highest BCUT2D eigenvalue weighted by molar-refractivity contribution is 6.16. The minimum absolute atomic E-state index is 0.487. The molecule has 55 heavy (non-hydrogen) atoms. The zero-order valence-corrected chi connectivity index (χ0v) is 29.8. The minimum atomic E-state index is -0.487. The van der Waals surface area contributed by atoms with Gasteiger partial charge in [0, 0.05) is 21.9 Å². The molecule has 2 nitrogen and oxygen atoms in total. The number of hydrogen-bond acceptors (Lipinski definition) is 2. The van der Waals surface area contributed by atoms with E-state index >= 15 is 0 Å². The zero-order chi connectivity index (χ0) is 36.1. The Balaban J connectivity index is 1.05. The Hall–Kier alpha value is -7.16. The number of benzene rings is 9. The summed E-state index contributed by atoms with van der Waals surface area (Å²) in [6.45, 7) is 0. The first-order valence-electron chi connectivity index (χ1n) is 18.9. The predicted octanol–water partition coefficient (Wildman–Crippen LogP) is 14.2. The summed E-state index contributed by atoms with van der Waals surface area (Å²) in [7, 11) is 0. The molecule has 0 bridgehead atoms. The van der Waals surface area contributed by atoms with E-state index in [2.05, 4.69) is 194 Å². The molecule has 1 spiro atoms. The third kappa shape index (κ3) is 4.19. The lowest BCUT2D eigenvalue weighted by Gasteiger charge is -2.39. The molecule has 10 aromatic rings. The van der Waals surface area contributed by atoms with Crippen LogP contribution in [-0.2, 0) is 5.41 Å². The molecule has 0 fully saturated rings. The van der Waals surface area contributed by atoms with Gasteiger partial charge in [-0.05, 0) is 96.7 Å². The summed E-state index contributed by atoms with van der Waals surface area (Å²) in [5, 5.41) is 4.64. The Morgan fingerprint density at radius 2 is 0.855 bits per heavy atom. The molecule has 2 aliphatic rings. The SMILES string of the molecule is c1ccc2c(c1)Oc1cc(-c3ccccc3-c3ccccc3-c3cccc4oc5cc6ccccc6cc5c34)ccc1C21c2ccccc2-c2ccccc21. The molecule has 0 unspecified atom stereocenters. The second kappa shape index (κ2) is 11.4. The number of ether oxygens (including phenoxy) is 1. The molecule has 0 amide bonds. The van der Waals surface area contributed by atoms with E-state index in [9.17, 15) is 0 Å². The van der Waals surface area contributed by atoms with E-state index in [1.807, 2.05) is 0 Å². The lowest BCUT2D eigenvalue weighted by molar-refractivity contribution is 0.436. The molecule has 0 saturated heterocycles. The van der Waals surface area contributed by atoms with Crippen LogP contribution < -0.4 is 4.74 Å². The van der Waals surface area contributed by atoms with Gasteiger partial charge in [0.25, 0.3) is 0 Å². The first kappa shape index (κ1) is 30.3. The Morgan fingerprint density at radius 1 is 0.327 bits per heavy atom. The molecule has 0 N–H and O–H groups in total. The van der Waals surface area contributed by atoms with Crippen molar-refractivity contribution in [1.29, 1.82) is 0 Å². The van der Waals surface area contributed by atoms with Crippen LogP contribution in [0.2, 0.25) is 0 Å². The van der Waals surface area contributed by atoms with Crippen LogP contribution in [0.5, 0.6) is 11.5 Å². The maximum Gasteiger partial charge on any atom is 0.136 e. The monoisotopic (exact) mass is 700 g/mol. The molecule has 1 aromatic heterocycles. The first-order chi connectivity index (χ1) is 27.3. The van der Waals surface area contributed by atoms with Gasteiger partial charge in [0.1, 0.15) is 22.7 Å². The minimum Gasteiger partial charge on any atom is -0.457 e. The summed E-state index contributed by atoms with van der Waals surface area (Å²) < 4.78 is 13.4. The van der Waals surface area contributed by atoms with Gasteiger partial charge in [-0.1, -0.05) is 164 Å². The van der Waals surface area contributed by atoms with E-state index in [4.69, 9.17) is 9.15 Å². The Labute approximate surface area is 318 Å². The molecule has 2 heterocycles. The molecule has 256 valence electrons. The van der Waals surface area contributed by atoms with Crippen LogP contribution in [0.1, 0.15) is 22.3 Å². The summed E-state index contributed by atoms with van der Waals surface area (Å²) in [5.74, 6) is 1.78. The van der Waals surface area contributed by atoms with Crippen molar-refractivity contribution in [2.24, 2.45) is 0 Å². The van der Waals surface area contributed by atoms with Crippen LogP contribution in [-0.4, -0.2) is 0 Å². The van der Waals surface area contributed by atoms with Crippen LogP contribution in [0, 0.1) is 0 Å². The number of para-hydroxylation sites is 1. The topological polar surface area (TPSA) is 22.4 Å². The normalized spacial score (nSPS) is 13.4. The average Bonchev–Trinajstić information content (AvgIpc) is 3.76. The van der Waals surface area contributed by atoms with Gasteiger partial charge in [-0.2, -0.15) is 0 Å². The fourth-order valence-corrected chi connectivity index (χ4v) is 9.69. The van der Waals surface area contributed by atoms with E-state index in [0.717, 1.165) is 66.8 Å². The third-order valence-corrected chi connectivity index (χ3v) is 12.0. The highest BCUT2D eigenvalue weighted by atomic mass is 16.5. The second-order valence-electron chi connectivity index (χ2n) is 14.7. The standard InChI is InChI=1S/C53H32O2/c1-2-15-34-31-50-43(30-33(34)14-1)52-42(22-13-27-49(52)55-50)39-19-6-5-18-38(39)37-17-4-3-16-36(37)35-28-29-47-51(32-35)54-48-26-12-11-25-46(48)53(47)44-23-9-7-20-40(44)41-21-8-10-24-45(41)53/h1-32H. The Bertz CT molecular complexity index is 3150. The molecule has 0 radical (unpaired) electrons. The van der Waals surface area contributed by atoms with Crippen LogP contribution in [0.15, 0.2) is 199 Å². The Kier molecular flexibility index (Phi) is 6.29. The number of fused-ring (bicyclic) bond motifs is 13. The molecule has 1 aliphatic carbocycles. The largest absolute Gasteiger partial charge is 0.457 e. The summed E-state index contributed by atoms with van der Waals surface area (Å²) in [4.78, 5) is 0. The van der Waals surface area contributed by atoms with Crippen LogP contribution in [0.25, 0.3) is 77.2 Å². The van der Waals surface area contributed by atoms with Crippen LogP contribution in [0.3, 0.4) is 0 Å². The van der Waals surface area contributed by atoms with Gasteiger partial charge in [0.2, 0.25) is 0 Å². The molecule has 0 atom stereocenters. The van der Waals surface area contributed by atoms with Crippen LogP contribution in [0.4, 0.5) is 0 Å². The fraction of sp³-hybridized carbons (Fsp3) is 0.0189. The van der Waals surface area contributed by atoms with Crippen molar-refractivity contribution < 1.29 is 9.15 Å². The molecular formula is C53H32O2. The molecular weight excluding hydrogens is 669 g/mol. The van der Waals surface area contributed by atoms with Gasteiger partial charge in [0.15, 0.2) is 0 Å². The number of furan rings is 1. The molecule has 2 heteroatoms. The predicted molar refractivity (Wildman–Crippen MR) is 225 cm³/mol. The van der Waals surface area contributed by atoms with Crippen LogP contribution >= 0.6 is 0 Å². The van der Waals surface area contributed by atoms with E-state index in [0.29, 0.717) is 0 Å². The smallest absolute Gasteiger partial charge is 0.136 e. The molecule has 0 saturated carbocycles. The van der Waals surface area contributed by atoms with Crippen molar-refractivity contribution in [3.63, 3.8) is 0 Å². The quantitative estimate of drug-likeness (QED) is 0.183. The number of rotatable bonds is 3. The maximum atomic E-state index is 6.90. The van der Waals surface area contributed by atoms with E-state index in [1.165, 1.54) is 44.2 Å². The van der Waals surface area contributed by atoms with Gasteiger partial charge in [0.05, 0.1) is 5.41 Å². The summed E-state index contributed by atoms with van der Waals surface area (Å²) in [5.41, 5.74) is 15.7.